The maximum atomic E-state index is 11.4. The third-order valence-corrected chi connectivity index (χ3v) is 3.39. The van der Waals surface area contributed by atoms with Gasteiger partial charge in [-0.2, -0.15) is 5.26 Å². The van der Waals surface area contributed by atoms with Gasteiger partial charge in [0.05, 0.1) is 14.6 Å². The number of rotatable bonds is 3. The van der Waals surface area contributed by atoms with Crippen LogP contribution >= 0.6 is 38.5 Å². The molecule has 0 aliphatic rings. The van der Waals surface area contributed by atoms with Crippen LogP contribution in [0.5, 0.6) is 5.75 Å². The van der Waals surface area contributed by atoms with Gasteiger partial charge in [0, 0.05) is 0 Å². The zero-order chi connectivity index (χ0) is 13.7. The number of hydrogen-bond acceptors (Lipinski definition) is 4. The van der Waals surface area contributed by atoms with E-state index in [0.717, 1.165) is 0 Å². The molecule has 0 fully saturated rings. The zero-order valence-corrected chi connectivity index (χ0v) is 13.1. The van der Waals surface area contributed by atoms with Crippen molar-refractivity contribution in [2.24, 2.45) is 0 Å². The van der Waals surface area contributed by atoms with E-state index in [9.17, 15) is 9.90 Å². The van der Waals surface area contributed by atoms with Crippen molar-refractivity contribution >= 4 is 50.6 Å². The number of carbonyl (C=O) groups excluding carboxylic acids is 1. The molecule has 0 unspecified atom stereocenters. The third kappa shape index (κ3) is 3.71. The molecule has 0 spiro atoms. The standard InChI is InChI=1S/C12H9BrINO3/c1-2-18-12(17)8(6-15)3-7-4-9(13)11(16)10(14)5-7/h3-5,16H,2H2,1H3/b8-3+. The Bertz CT molecular complexity index is 526. The van der Waals surface area contributed by atoms with Crippen molar-refractivity contribution in [2.75, 3.05) is 6.61 Å². The predicted molar refractivity (Wildman–Crippen MR) is 78.7 cm³/mol. The molecule has 4 nitrogen and oxygen atoms in total. The van der Waals surface area contributed by atoms with Gasteiger partial charge in [-0.1, -0.05) is 0 Å². The monoisotopic (exact) mass is 421 g/mol. The molecule has 0 aliphatic carbocycles. The Morgan fingerprint density at radius 1 is 1.67 bits per heavy atom. The average molecular weight is 422 g/mol. The van der Waals surface area contributed by atoms with Crippen LogP contribution in [0.1, 0.15) is 12.5 Å². The van der Waals surface area contributed by atoms with Crippen LogP contribution in [-0.2, 0) is 9.53 Å². The van der Waals surface area contributed by atoms with Crippen LogP contribution in [0.15, 0.2) is 22.2 Å². The molecular weight excluding hydrogens is 413 g/mol. The molecule has 1 aromatic rings. The summed E-state index contributed by atoms with van der Waals surface area (Å²) in [5, 5.41) is 18.5. The maximum Gasteiger partial charge on any atom is 0.348 e. The lowest BCUT2D eigenvalue weighted by Gasteiger charge is -2.03. The molecule has 1 N–H and O–H groups in total. The molecule has 6 heteroatoms. The van der Waals surface area contributed by atoms with Gasteiger partial charge in [-0.25, -0.2) is 4.79 Å². The number of benzene rings is 1. The Morgan fingerprint density at radius 2 is 2.33 bits per heavy atom. The second-order valence-corrected chi connectivity index (χ2v) is 5.24. The molecule has 18 heavy (non-hydrogen) atoms. The van der Waals surface area contributed by atoms with Gasteiger partial charge in [0.25, 0.3) is 0 Å². The number of aromatic hydroxyl groups is 1. The fourth-order valence-electron chi connectivity index (χ4n) is 1.18. The molecule has 0 bridgehead atoms. The summed E-state index contributed by atoms with van der Waals surface area (Å²) in [6.07, 6.45) is 1.42. The lowest BCUT2D eigenvalue weighted by molar-refractivity contribution is -0.137. The summed E-state index contributed by atoms with van der Waals surface area (Å²) in [6.45, 7) is 1.89. The molecule has 0 atom stereocenters. The van der Waals surface area contributed by atoms with Crippen LogP contribution in [0.4, 0.5) is 0 Å². The fraction of sp³-hybridized carbons (Fsp3) is 0.167. The molecule has 0 radical (unpaired) electrons. The quantitative estimate of drug-likeness (QED) is 0.352. The summed E-state index contributed by atoms with van der Waals surface area (Å²) >= 11 is 5.15. The van der Waals surface area contributed by atoms with Crippen LogP contribution < -0.4 is 0 Å². The molecular formula is C12H9BrINO3. The maximum absolute atomic E-state index is 11.4. The van der Waals surface area contributed by atoms with Crippen LogP contribution in [0.25, 0.3) is 6.08 Å². The SMILES string of the molecule is CCOC(=O)/C(C#N)=C/c1cc(Br)c(O)c(I)c1. The Morgan fingerprint density at radius 3 is 2.83 bits per heavy atom. The number of nitriles is 1. The number of ether oxygens (including phenoxy) is 1. The minimum absolute atomic E-state index is 0.0785. The third-order valence-electron chi connectivity index (χ3n) is 1.97. The van der Waals surface area contributed by atoms with Crippen LogP contribution in [-0.4, -0.2) is 17.7 Å². The van der Waals surface area contributed by atoms with Gasteiger partial charge >= 0.3 is 5.97 Å². The van der Waals surface area contributed by atoms with Gasteiger partial charge in [-0.05, 0) is 69.2 Å². The van der Waals surface area contributed by atoms with E-state index in [1.54, 1.807) is 25.1 Å². The van der Waals surface area contributed by atoms with Crippen molar-refractivity contribution in [3.8, 4) is 11.8 Å². The second kappa shape index (κ2) is 6.75. The van der Waals surface area contributed by atoms with E-state index in [4.69, 9.17) is 10.00 Å². The van der Waals surface area contributed by atoms with E-state index < -0.39 is 5.97 Å². The smallest absolute Gasteiger partial charge is 0.348 e. The van der Waals surface area contributed by atoms with E-state index in [1.807, 2.05) is 22.6 Å². The van der Waals surface area contributed by atoms with Crippen molar-refractivity contribution in [3.05, 3.63) is 31.3 Å². The predicted octanol–water partition coefficient (Wildman–Crippen LogP) is 3.23. The highest BCUT2D eigenvalue weighted by atomic mass is 127. The molecule has 1 rings (SSSR count). The number of phenolic OH excluding ortho intramolecular Hbond substituents is 1. The summed E-state index contributed by atoms with van der Waals surface area (Å²) in [5.74, 6) is -0.526. The first-order chi connectivity index (χ1) is 8.49. The van der Waals surface area contributed by atoms with Crippen LogP contribution in [0, 0.1) is 14.9 Å². The molecule has 1 aromatic carbocycles. The lowest BCUT2D eigenvalue weighted by Crippen LogP contribution is -2.06. The molecule has 0 aromatic heterocycles. The minimum atomic E-state index is -0.654. The topological polar surface area (TPSA) is 70.3 Å². The number of nitrogens with zero attached hydrogens (tertiary/aromatic N) is 1. The first kappa shape index (κ1) is 15.0. The van der Waals surface area contributed by atoms with Gasteiger partial charge in [-0.3, -0.25) is 0 Å². The zero-order valence-electron chi connectivity index (χ0n) is 9.41. The average Bonchev–Trinajstić information content (AvgIpc) is 2.33. The van der Waals surface area contributed by atoms with Gasteiger partial charge in [0.1, 0.15) is 17.4 Å². The number of carbonyl (C=O) groups is 1. The van der Waals surface area contributed by atoms with Crippen LogP contribution in [0.2, 0.25) is 0 Å². The van der Waals surface area contributed by atoms with Gasteiger partial charge < -0.3 is 9.84 Å². The number of phenols is 1. The normalized spacial score (nSPS) is 10.9. The summed E-state index contributed by atoms with van der Waals surface area (Å²) < 4.78 is 5.88. The highest BCUT2D eigenvalue weighted by molar-refractivity contribution is 14.1. The molecule has 0 saturated heterocycles. The molecule has 94 valence electrons. The van der Waals surface area contributed by atoms with Crippen molar-refractivity contribution in [1.82, 2.24) is 0 Å². The summed E-state index contributed by atoms with van der Waals surface area (Å²) in [6, 6.07) is 5.08. The van der Waals surface area contributed by atoms with E-state index >= 15 is 0 Å². The highest BCUT2D eigenvalue weighted by Gasteiger charge is 2.11. The molecule has 0 saturated carbocycles. The lowest BCUT2D eigenvalue weighted by atomic mass is 10.1. The first-order valence-corrected chi connectivity index (χ1v) is 6.83. The number of halogens is 2. The Kier molecular flexibility index (Phi) is 5.62. The highest BCUT2D eigenvalue weighted by Crippen LogP contribution is 2.31. The Labute approximate surface area is 127 Å². The largest absolute Gasteiger partial charge is 0.506 e. The van der Waals surface area contributed by atoms with Crippen LogP contribution in [0.3, 0.4) is 0 Å². The minimum Gasteiger partial charge on any atom is -0.506 e. The fourth-order valence-corrected chi connectivity index (χ4v) is 2.68. The number of hydrogen-bond donors (Lipinski definition) is 1. The van der Waals surface area contributed by atoms with E-state index in [1.165, 1.54) is 6.08 Å². The summed E-state index contributed by atoms with van der Waals surface area (Å²) in [7, 11) is 0. The number of esters is 1. The summed E-state index contributed by atoms with van der Waals surface area (Å²) in [4.78, 5) is 11.4. The summed E-state index contributed by atoms with van der Waals surface area (Å²) in [5.41, 5.74) is 0.555. The Hall–Kier alpha value is -1.07. The van der Waals surface area contributed by atoms with Crippen molar-refractivity contribution in [3.63, 3.8) is 0 Å². The van der Waals surface area contributed by atoms with Gasteiger partial charge in [0.2, 0.25) is 0 Å². The molecule has 0 heterocycles. The van der Waals surface area contributed by atoms with E-state index in [0.29, 0.717) is 13.6 Å². The first-order valence-electron chi connectivity index (χ1n) is 4.96. The van der Waals surface area contributed by atoms with Gasteiger partial charge in [-0.15, -0.1) is 0 Å². The second-order valence-electron chi connectivity index (χ2n) is 3.22. The molecule has 0 aliphatic heterocycles. The van der Waals surface area contributed by atoms with Crippen molar-refractivity contribution < 1.29 is 14.6 Å². The molecule has 0 amide bonds. The van der Waals surface area contributed by atoms with Gasteiger partial charge in [0.15, 0.2) is 0 Å². The van der Waals surface area contributed by atoms with E-state index in [2.05, 4.69) is 15.9 Å². The van der Waals surface area contributed by atoms with Crippen molar-refractivity contribution in [1.29, 1.82) is 5.26 Å². The van der Waals surface area contributed by atoms with Crippen molar-refractivity contribution in [2.45, 2.75) is 6.92 Å². The Balaban J connectivity index is 3.15. The van der Waals surface area contributed by atoms with E-state index in [-0.39, 0.29) is 17.9 Å².